The molecule has 12 N–H and O–H groups in total. The Morgan fingerprint density at radius 1 is 0.356 bits per heavy atom. The lowest BCUT2D eigenvalue weighted by Crippen LogP contribution is -2.66. The Bertz CT molecular complexity index is 2060. The third-order valence-electron chi connectivity index (χ3n) is 20.3. The minimum atomic E-state index is -1.98. The van der Waals surface area contributed by atoms with E-state index in [0.717, 1.165) is 51.4 Å². The van der Waals surface area contributed by atoms with E-state index in [1.165, 1.54) is 238 Å². The molecule has 0 aromatic carbocycles. The van der Waals surface area contributed by atoms with Crippen molar-refractivity contribution in [2.24, 2.45) is 0 Å². The number of carbonyl (C=O) groups is 1. The fourth-order valence-electron chi connectivity index (χ4n) is 13.7. The van der Waals surface area contributed by atoms with Crippen molar-refractivity contribution in [1.82, 2.24) is 5.32 Å². The molecule has 3 aliphatic rings. The lowest BCUT2D eigenvalue weighted by Gasteiger charge is -2.48. The number of hydrogen-bond acceptors (Lipinski definition) is 18. The van der Waals surface area contributed by atoms with Gasteiger partial charge in [0.15, 0.2) is 18.9 Å². The molecule has 3 rings (SSSR count). The van der Waals surface area contributed by atoms with Crippen LogP contribution in [-0.4, -0.2) is 193 Å². The molecule has 0 aliphatic carbocycles. The SMILES string of the molecule is CCCCCCC/C=C\C/C=C\C/C=C\CCCCCCCCCCCCCCCCCCC(=O)NC(COC1OC(CO)C(OC2OC(CO)C(OC3OC(CO)C(O)C(O)C3O)C(O)C2O)C(O)C1O)C(O)/C=C/CC/C=C/CCCCCCCCCCCCCCCCCCCCC. The lowest BCUT2D eigenvalue weighted by atomic mass is 9.96. The summed E-state index contributed by atoms with van der Waals surface area (Å²) in [6, 6.07) is -0.993. The van der Waals surface area contributed by atoms with Gasteiger partial charge in [0.1, 0.15) is 73.2 Å². The zero-order valence-corrected chi connectivity index (χ0v) is 63.1. The van der Waals surface area contributed by atoms with Gasteiger partial charge < -0.3 is 89.9 Å². The number of rotatable bonds is 65. The van der Waals surface area contributed by atoms with Crippen LogP contribution in [0.3, 0.4) is 0 Å². The molecule has 0 spiro atoms. The van der Waals surface area contributed by atoms with Crippen LogP contribution in [-0.2, 0) is 33.2 Å². The van der Waals surface area contributed by atoms with Crippen molar-refractivity contribution in [3.63, 3.8) is 0 Å². The molecule has 3 saturated heterocycles. The van der Waals surface area contributed by atoms with Gasteiger partial charge in [0.2, 0.25) is 5.91 Å². The molecule has 17 atom stereocenters. The largest absolute Gasteiger partial charge is 0.394 e. The number of carbonyl (C=O) groups excluding carboxylic acids is 1. The smallest absolute Gasteiger partial charge is 0.220 e. The number of unbranched alkanes of at least 4 members (excludes halogenated alkanes) is 41. The molecular formula is C82H149NO18. The summed E-state index contributed by atoms with van der Waals surface area (Å²) in [6.45, 7) is 1.75. The Balaban J connectivity index is 1.38. The van der Waals surface area contributed by atoms with Gasteiger partial charge in [-0.3, -0.25) is 4.79 Å². The molecule has 0 aromatic heterocycles. The second-order valence-corrected chi connectivity index (χ2v) is 29.2. The van der Waals surface area contributed by atoms with E-state index in [4.69, 9.17) is 28.4 Å². The molecule has 101 heavy (non-hydrogen) atoms. The topological polar surface area (TPSA) is 307 Å². The number of nitrogens with one attached hydrogen (secondary N) is 1. The van der Waals surface area contributed by atoms with Crippen LogP contribution >= 0.6 is 0 Å². The quantitative estimate of drug-likeness (QED) is 0.0199. The van der Waals surface area contributed by atoms with E-state index >= 15 is 0 Å². The van der Waals surface area contributed by atoms with E-state index in [2.05, 4.69) is 67.8 Å². The van der Waals surface area contributed by atoms with Crippen molar-refractivity contribution in [2.45, 2.75) is 426 Å². The number of allylic oxidation sites excluding steroid dienone is 9. The first-order valence-electron chi connectivity index (χ1n) is 41.0. The van der Waals surface area contributed by atoms with Crippen molar-refractivity contribution >= 4 is 5.91 Å². The summed E-state index contributed by atoms with van der Waals surface area (Å²) in [4.78, 5) is 13.5. The summed E-state index contributed by atoms with van der Waals surface area (Å²) >= 11 is 0. The highest BCUT2D eigenvalue weighted by atomic mass is 16.8. The standard InChI is InChI=1S/C82H149NO18/c1-3-5-7-9-11-13-15-17-19-21-23-25-27-29-30-31-32-33-34-36-38-40-42-44-46-48-50-52-54-56-58-60-70(88)83-65(66(87)59-57-55-53-51-49-47-45-43-41-39-37-35-28-26-24-22-20-18-16-14-12-10-8-6-4-2)64-96-80-76(94)73(91)78(68(62-85)98-80)101-82-77(95)74(92)79(69(63-86)99-82)100-81-75(93)72(90)71(89)67(61-84)97-81/h15,17,21,23,27,29,49,51,57,59,65-69,71-82,84-87,89-95H,3-14,16,18-20,22,24-26,28,30-48,50,52-56,58,60-64H2,1-2H3,(H,83,88)/b17-15-,23-21-,29-27-,51-49+,59-57+. The normalized spacial score (nSPS) is 26.6. The summed E-state index contributed by atoms with van der Waals surface area (Å²) in [7, 11) is 0. The number of ether oxygens (including phenoxy) is 6. The molecule has 0 bridgehead atoms. The Morgan fingerprint density at radius 3 is 1.06 bits per heavy atom. The minimum Gasteiger partial charge on any atom is -0.394 e. The predicted molar refractivity (Wildman–Crippen MR) is 402 cm³/mol. The van der Waals surface area contributed by atoms with Gasteiger partial charge >= 0.3 is 0 Å². The van der Waals surface area contributed by atoms with Crippen LogP contribution in [0.1, 0.15) is 322 Å². The molecule has 590 valence electrons. The maximum Gasteiger partial charge on any atom is 0.220 e. The summed E-state index contributed by atoms with van der Waals surface area (Å²) in [5.74, 6) is -0.282. The molecule has 0 radical (unpaired) electrons. The lowest BCUT2D eigenvalue weighted by molar-refractivity contribution is -0.379. The number of aliphatic hydroxyl groups excluding tert-OH is 11. The molecule has 0 saturated carbocycles. The zero-order valence-electron chi connectivity index (χ0n) is 63.1. The van der Waals surface area contributed by atoms with Gasteiger partial charge in [0.25, 0.3) is 0 Å². The first kappa shape index (κ1) is 92.7. The molecule has 1 amide bonds. The minimum absolute atomic E-state index is 0.235. The first-order valence-corrected chi connectivity index (χ1v) is 41.0. The van der Waals surface area contributed by atoms with Crippen molar-refractivity contribution in [3.05, 3.63) is 60.8 Å². The third kappa shape index (κ3) is 42.6. The maximum absolute atomic E-state index is 13.5. The van der Waals surface area contributed by atoms with E-state index in [0.29, 0.717) is 12.8 Å². The highest BCUT2D eigenvalue weighted by Crippen LogP contribution is 2.33. The van der Waals surface area contributed by atoms with Crippen molar-refractivity contribution in [3.8, 4) is 0 Å². The summed E-state index contributed by atoms with van der Waals surface area (Å²) in [5.41, 5.74) is 0. The fourth-order valence-corrected chi connectivity index (χ4v) is 13.7. The Morgan fingerprint density at radius 2 is 0.663 bits per heavy atom. The van der Waals surface area contributed by atoms with Gasteiger partial charge in [0, 0.05) is 6.42 Å². The van der Waals surface area contributed by atoms with Crippen molar-refractivity contribution in [1.29, 1.82) is 0 Å². The summed E-state index contributed by atoms with van der Waals surface area (Å²) in [6.07, 6.45) is 53.5. The Hall–Kier alpha value is -2.51. The number of hydrogen-bond donors (Lipinski definition) is 12. The van der Waals surface area contributed by atoms with Gasteiger partial charge in [-0.15, -0.1) is 0 Å². The molecule has 3 aliphatic heterocycles. The Labute approximate surface area is 611 Å². The molecule has 19 nitrogen and oxygen atoms in total. The molecule has 17 unspecified atom stereocenters. The van der Waals surface area contributed by atoms with Gasteiger partial charge in [0.05, 0.1) is 38.6 Å². The van der Waals surface area contributed by atoms with Crippen LogP contribution in [0.4, 0.5) is 0 Å². The molecule has 0 aromatic rings. The van der Waals surface area contributed by atoms with E-state index in [1.807, 2.05) is 6.08 Å². The van der Waals surface area contributed by atoms with Crippen LogP contribution in [0, 0.1) is 0 Å². The van der Waals surface area contributed by atoms with E-state index in [1.54, 1.807) is 6.08 Å². The predicted octanol–water partition coefficient (Wildman–Crippen LogP) is 13.8. The average Bonchev–Trinajstić information content (AvgIpc) is 0.792. The van der Waals surface area contributed by atoms with Crippen molar-refractivity contribution in [2.75, 3.05) is 26.4 Å². The number of aliphatic hydroxyl groups is 11. The molecule has 19 heteroatoms. The highest BCUT2D eigenvalue weighted by molar-refractivity contribution is 5.76. The second-order valence-electron chi connectivity index (χ2n) is 29.2. The van der Waals surface area contributed by atoms with Gasteiger partial charge in [-0.1, -0.05) is 306 Å². The zero-order chi connectivity index (χ0) is 73.2. The fraction of sp³-hybridized carbons (Fsp3) is 0.866. The van der Waals surface area contributed by atoms with E-state index in [9.17, 15) is 61.0 Å². The number of amides is 1. The van der Waals surface area contributed by atoms with Crippen LogP contribution in [0.5, 0.6) is 0 Å². The van der Waals surface area contributed by atoms with Crippen LogP contribution in [0.2, 0.25) is 0 Å². The van der Waals surface area contributed by atoms with Crippen LogP contribution < -0.4 is 5.32 Å². The molecule has 3 fully saturated rings. The van der Waals surface area contributed by atoms with E-state index in [-0.39, 0.29) is 18.9 Å². The van der Waals surface area contributed by atoms with Crippen LogP contribution in [0.25, 0.3) is 0 Å². The second kappa shape index (κ2) is 62.5. The third-order valence-corrected chi connectivity index (χ3v) is 20.3. The van der Waals surface area contributed by atoms with Gasteiger partial charge in [-0.25, -0.2) is 0 Å². The van der Waals surface area contributed by atoms with Crippen molar-refractivity contribution < 1.29 is 89.4 Å². The van der Waals surface area contributed by atoms with E-state index < -0.39 is 124 Å². The summed E-state index contributed by atoms with van der Waals surface area (Å²) in [5, 5.41) is 121. The first-order chi connectivity index (χ1) is 49.3. The van der Waals surface area contributed by atoms with Gasteiger partial charge in [-0.2, -0.15) is 0 Å². The monoisotopic (exact) mass is 1440 g/mol. The molecular weight excluding hydrogens is 1290 g/mol. The molecule has 3 heterocycles. The summed E-state index contributed by atoms with van der Waals surface area (Å²) < 4.78 is 34.4. The average molecular weight is 1440 g/mol. The van der Waals surface area contributed by atoms with Crippen LogP contribution in [0.15, 0.2) is 60.8 Å². The highest BCUT2D eigenvalue weighted by Gasteiger charge is 2.54. The Kier molecular flexibility index (Phi) is 57.4. The van der Waals surface area contributed by atoms with Gasteiger partial charge in [-0.05, 0) is 70.6 Å². The maximum atomic E-state index is 13.5.